The summed E-state index contributed by atoms with van der Waals surface area (Å²) < 4.78 is 6.24. The average Bonchev–Trinajstić information content (AvgIpc) is 2.65. The Kier molecular flexibility index (Phi) is 5.61. The minimum atomic E-state index is -0.421. The molecule has 0 aliphatic rings. The summed E-state index contributed by atoms with van der Waals surface area (Å²) in [5.74, 6) is -0.593. The molecular weight excluding hydrogens is 374 g/mol. The van der Waals surface area contributed by atoms with Crippen molar-refractivity contribution in [2.45, 2.75) is 6.92 Å². The summed E-state index contributed by atoms with van der Waals surface area (Å²) in [5.41, 5.74) is 0. The molecule has 17 heavy (non-hydrogen) atoms. The van der Waals surface area contributed by atoms with Gasteiger partial charge in [0.25, 0.3) is 5.91 Å². The Hall–Kier alpha value is -0.400. The second-order valence-electron chi connectivity index (χ2n) is 3.13. The zero-order valence-electron chi connectivity index (χ0n) is 9.33. The van der Waals surface area contributed by atoms with Crippen molar-refractivity contribution in [1.82, 2.24) is 4.90 Å². The van der Waals surface area contributed by atoms with Gasteiger partial charge >= 0.3 is 5.97 Å². The standard InChI is InChI=1S/C10H11Br2NO3S/c1-3-13(5-8(14)16-2)10(15)7-4-6(11)9(12)17-7/h4H,3,5H2,1-2H3. The lowest BCUT2D eigenvalue weighted by molar-refractivity contribution is -0.141. The molecule has 0 saturated carbocycles. The minimum absolute atomic E-state index is 0.0288. The van der Waals surface area contributed by atoms with Gasteiger partial charge < -0.3 is 9.64 Å². The van der Waals surface area contributed by atoms with Crippen molar-refractivity contribution in [2.75, 3.05) is 20.2 Å². The van der Waals surface area contributed by atoms with Crippen LogP contribution in [0.3, 0.4) is 0 Å². The van der Waals surface area contributed by atoms with Crippen LogP contribution in [0.2, 0.25) is 0 Å². The Morgan fingerprint density at radius 2 is 2.12 bits per heavy atom. The van der Waals surface area contributed by atoms with Gasteiger partial charge in [-0.15, -0.1) is 11.3 Å². The lowest BCUT2D eigenvalue weighted by Crippen LogP contribution is -2.35. The number of ether oxygens (including phenoxy) is 1. The molecule has 1 rings (SSSR count). The van der Waals surface area contributed by atoms with E-state index in [1.165, 1.54) is 23.3 Å². The van der Waals surface area contributed by atoms with E-state index in [1.807, 2.05) is 6.92 Å². The first-order valence-electron chi connectivity index (χ1n) is 4.80. The summed E-state index contributed by atoms with van der Waals surface area (Å²) in [6.07, 6.45) is 0. The van der Waals surface area contributed by atoms with E-state index >= 15 is 0 Å². The highest BCUT2D eigenvalue weighted by molar-refractivity contribution is 9.13. The van der Waals surface area contributed by atoms with Gasteiger partial charge in [-0.1, -0.05) is 0 Å². The minimum Gasteiger partial charge on any atom is -0.468 e. The van der Waals surface area contributed by atoms with Gasteiger partial charge in [0.15, 0.2) is 0 Å². The van der Waals surface area contributed by atoms with Crippen LogP contribution < -0.4 is 0 Å². The first-order valence-corrected chi connectivity index (χ1v) is 7.20. The number of esters is 1. The highest BCUT2D eigenvalue weighted by atomic mass is 79.9. The smallest absolute Gasteiger partial charge is 0.325 e. The van der Waals surface area contributed by atoms with Crippen LogP contribution in [0.15, 0.2) is 14.3 Å². The number of methoxy groups -OCH3 is 1. The number of hydrogen-bond donors (Lipinski definition) is 0. The summed E-state index contributed by atoms with van der Waals surface area (Å²) in [5, 5.41) is 0. The fraction of sp³-hybridized carbons (Fsp3) is 0.400. The molecule has 4 nitrogen and oxygen atoms in total. The molecule has 0 radical (unpaired) electrons. The Morgan fingerprint density at radius 1 is 1.47 bits per heavy atom. The van der Waals surface area contributed by atoms with E-state index in [-0.39, 0.29) is 12.5 Å². The van der Waals surface area contributed by atoms with Gasteiger partial charge in [0.1, 0.15) is 6.54 Å². The Morgan fingerprint density at radius 3 is 2.53 bits per heavy atom. The van der Waals surface area contributed by atoms with E-state index in [2.05, 4.69) is 36.6 Å². The largest absolute Gasteiger partial charge is 0.468 e. The summed E-state index contributed by atoms with van der Waals surface area (Å²) in [6, 6.07) is 1.73. The number of likely N-dealkylation sites (N-methyl/N-ethyl adjacent to an activating group) is 1. The van der Waals surface area contributed by atoms with Crippen molar-refractivity contribution in [3.63, 3.8) is 0 Å². The second kappa shape index (κ2) is 6.51. The quantitative estimate of drug-likeness (QED) is 0.750. The second-order valence-corrected chi connectivity index (χ2v) is 6.35. The molecule has 0 bridgehead atoms. The molecule has 0 unspecified atom stereocenters. The zero-order chi connectivity index (χ0) is 13.0. The molecule has 0 N–H and O–H groups in total. The zero-order valence-corrected chi connectivity index (χ0v) is 13.3. The number of rotatable bonds is 4. The van der Waals surface area contributed by atoms with Crippen LogP contribution in [-0.4, -0.2) is 37.0 Å². The monoisotopic (exact) mass is 383 g/mol. The first-order chi connectivity index (χ1) is 7.99. The van der Waals surface area contributed by atoms with Crippen molar-refractivity contribution >= 4 is 55.1 Å². The summed E-state index contributed by atoms with van der Waals surface area (Å²) in [7, 11) is 1.30. The Labute approximate surface area is 120 Å². The van der Waals surface area contributed by atoms with Gasteiger partial charge in [-0.25, -0.2) is 0 Å². The molecule has 1 amide bonds. The number of amides is 1. The Balaban J connectivity index is 2.82. The normalized spacial score (nSPS) is 10.1. The first kappa shape index (κ1) is 14.7. The van der Waals surface area contributed by atoms with Crippen molar-refractivity contribution in [3.05, 3.63) is 19.2 Å². The third kappa shape index (κ3) is 3.79. The summed E-state index contributed by atoms with van der Waals surface area (Å²) in [6.45, 7) is 2.25. The van der Waals surface area contributed by atoms with E-state index in [1.54, 1.807) is 6.07 Å². The number of thiophene rings is 1. The van der Waals surface area contributed by atoms with Crippen molar-refractivity contribution in [2.24, 2.45) is 0 Å². The fourth-order valence-corrected chi connectivity index (χ4v) is 3.16. The van der Waals surface area contributed by atoms with Crippen molar-refractivity contribution in [3.8, 4) is 0 Å². The number of halogens is 2. The maximum absolute atomic E-state index is 12.1. The average molecular weight is 385 g/mol. The van der Waals surface area contributed by atoms with Gasteiger partial charge in [-0.2, -0.15) is 0 Å². The van der Waals surface area contributed by atoms with Gasteiger partial charge in [-0.3, -0.25) is 9.59 Å². The predicted octanol–water partition coefficient (Wildman–Crippen LogP) is 2.91. The molecular formula is C10H11Br2NO3S. The van der Waals surface area contributed by atoms with Crippen LogP contribution in [-0.2, 0) is 9.53 Å². The highest BCUT2D eigenvalue weighted by Crippen LogP contribution is 2.32. The molecule has 1 heterocycles. The van der Waals surface area contributed by atoms with Crippen LogP contribution in [0.25, 0.3) is 0 Å². The van der Waals surface area contributed by atoms with Gasteiger partial charge in [0.2, 0.25) is 0 Å². The Bertz CT molecular complexity index is 414. The molecule has 0 aliphatic heterocycles. The van der Waals surface area contributed by atoms with E-state index in [9.17, 15) is 9.59 Å². The van der Waals surface area contributed by atoms with E-state index in [4.69, 9.17) is 0 Å². The number of nitrogens with zero attached hydrogens (tertiary/aromatic N) is 1. The van der Waals surface area contributed by atoms with Gasteiger partial charge in [0, 0.05) is 11.0 Å². The maximum atomic E-state index is 12.1. The molecule has 0 aromatic carbocycles. The fourth-order valence-electron chi connectivity index (χ4n) is 1.16. The molecule has 0 spiro atoms. The number of hydrogen-bond acceptors (Lipinski definition) is 4. The van der Waals surface area contributed by atoms with Crippen LogP contribution in [0.4, 0.5) is 0 Å². The van der Waals surface area contributed by atoms with E-state index in [0.717, 1.165) is 8.26 Å². The SMILES string of the molecule is CCN(CC(=O)OC)C(=O)c1cc(Br)c(Br)s1. The van der Waals surface area contributed by atoms with Crippen LogP contribution in [0, 0.1) is 0 Å². The van der Waals surface area contributed by atoms with E-state index in [0.29, 0.717) is 11.4 Å². The third-order valence-corrected chi connectivity index (χ3v) is 5.32. The highest BCUT2D eigenvalue weighted by Gasteiger charge is 2.20. The molecule has 7 heteroatoms. The molecule has 0 atom stereocenters. The van der Waals surface area contributed by atoms with Crippen molar-refractivity contribution in [1.29, 1.82) is 0 Å². The predicted molar refractivity (Wildman–Crippen MR) is 73.3 cm³/mol. The van der Waals surface area contributed by atoms with E-state index < -0.39 is 5.97 Å². The number of carbonyl (C=O) groups excluding carboxylic acids is 2. The molecule has 1 aromatic heterocycles. The lowest BCUT2D eigenvalue weighted by Gasteiger charge is -2.18. The molecule has 0 saturated heterocycles. The lowest BCUT2D eigenvalue weighted by atomic mass is 10.4. The van der Waals surface area contributed by atoms with Gasteiger partial charge in [0.05, 0.1) is 15.8 Å². The molecule has 1 aromatic rings. The van der Waals surface area contributed by atoms with Crippen LogP contribution >= 0.6 is 43.2 Å². The van der Waals surface area contributed by atoms with Crippen LogP contribution in [0.5, 0.6) is 0 Å². The molecule has 94 valence electrons. The molecule has 0 aliphatic carbocycles. The third-order valence-electron chi connectivity index (χ3n) is 2.07. The topological polar surface area (TPSA) is 46.6 Å². The molecule has 0 fully saturated rings. The summed E-state index contributed by atoms with van der Waals surface area (Å²) in [4.78, 5) is 25.3. The van der Waals surface area contributed by atoms with Crippen LogP contribution in [0.1, 0.15) is 16.6 Å². The summed E-state index contributed by atoms with van der Waals surface area (Å²) >= 11 is 7.98. The number of carbonyl (C=O) groups is 2. The van der Waals surface area contributed by atoms with Crippen molar-refractivity contribution < 1.29 is 14.3 Å². The van der Waals surface area contributed by atoms with Gasteiger partial charge in [-0.05, 0) is 44.8 Å². The maximum Gasteiger partial charge on any atom is 0.325 e.